The molecule has 0 saturated carbocycles. The summed E-state index contributed by atoms with van der Waals surface area (Å²) >= 11 is 3.46. The van der Waals surface area contributed by atoms with E-state index in [1.807, 2.05) is 13.0 Å². The van der Waals surface area contributed by atoms with Crippen LogP contribution in [0.1, 0.15) is 30.0 Å². The maximum atomic E-state index is 10.6. The van der Waals surface area contributed by atoms with Gasteiger partial charge in [0.1, 0.15) is 11.5 Å². The number of halogens is 1. The van der Waals surface area contributed by atoms with Gasteiger partial charge in [0.2, 0.25) is 0 Å². The van der Waals surface area contributed by atoms with E-state index in [1.54, 1.807) is 14.2 Å². The molecule has 1 aromatic rings. The molecule has 106 valence electrons. The smallest absolute Gasteiger partial charge is 0.303 e. The lowest BCUT2D eigenvalue weighted by Crippen LogP contribution is -2.15. The molecule has 0 bridgehead atoms. The number of nitrogens with two attached hydrogens (primary N) is 1. The van der Waals surface area contributed by atoms with E-state index in [1.165, 1.54) is 0 Å². The van der Waals surface area contributed by atoms with Gasteiger partial charge >= 0.3 is 5.97 Å². The van der Waals surface area contributed by atoms with Crippen LogP contribution in [-0.4, -0.2) is 25.3 Å². The quantitative estimate of drug-likeness (QED) is 0.837. The van der Waals surface area contributed by atoms with Gasteiger partial charge in [-0.05, 0) is 40.9 Å². The number of aliphatic carboxylic acids is 1. The zero-order valence-corrected chi connectivity index (χ0v) is 12.8. The van der Waals surface area contributed by atoms with Crippen molar-refractivity contribution in [2.45, 2.75) is 25.8 Å². The van der Waals surface area contributed by atoms with Crippen LogP contribution in [0, 0.1) is 6.92 Å². The molecule has 19 heavy (non-hydrogen) atoms. The fraction of sp³-hybridized carbons (Fsp3) is 0.462. The molecule has 5 nitrogen and oxygen atoms in total. The van der Waals surface area contributed by atoms with E-state index in [0.717, 1.165) is 11.1 Å². The molecule has 0 amide bonds. The molecule has 1 rings (SSSR count). The van der Waals surface area contributed by atoms with Crippen LogP contribution in [0.25, 0.3) is 0 Å². The van der Waals surface area contributed by atoms with Crippen LogP contribution in [-0.2, 0) is 4.79 Å². The highest BCUT2D eigenvalue weighted by Crippen LogP contribution is 2.41. The highest BCUT2D eigenvalue weighted by molar-refractivity contribution is 9.10. The van der Waals surface area contributed by atoms with Crippen LogP contribution in [0.5, 0.6) is 11.5 Å². The minimum atomic E-state index is -0.871. The van der Waals surface area contributed by atoms with Crippen molar-refractivity contribution in [1.82, 2.24) is 0 Å². The first-order valence-corrected chi connectivity index (χ1v) is 6.60. The Bertz CT molecular complexity index is 476. The molecule has 0 saturated heterocycles. The summed E-state index contributed by atoms with van der Waals surface area (Å²) in [5.41, 5.74) is 7.71. The summed E-state index contributed by atoms with van der Waals surface area (Å²) in [6.07, 6.45) is 0.337. The van der Waals surface area contributed by atoms with Crippen molar-refractivity contribution >= 4 is 21.9 Å². The van der Waals surface area contributed by atoms with Crippen LogP contribution >= 0.6 is 15.9 Å². The van der Waals surface area contributed by atoms with Crippen LogP contribution in [0.3, 0.4) is 0 Å². The molecule has 1 atom stereocenters. The van der Waals surface area contributed by atoms with Crippen molar-refractivity contribution in [1.29, 1.82) is 0 Å². The summed E-state index contributed by atoms with van der Waals surface area (Å²) in [4.78, 5) is 10.6. The summed E-state index contributed by atoms with van der Waals surface area (Å²) < 4.78 is 11.4. The zero-order valence-electron chi connectivity index (χ0n) is 11.2. The highest BCUT2D eigenvalue weighted by atomic mass is 79.9. The Morgan fingerprint density at radius 2 is 2.11 bits per heavy atom. The van der Waals surface area contributed by atoms with E-state index in [4.69, 9.17) is 20.3 Å². The second-order valence-electron chi connectivity index (χ2n) is 4.20. The van der Waals surface area contributed by atoms with Gasteiger partial charge < -0.3 is 20.3 Å². The molecule has 0 radical (unpaired) electrons. The van der Waals surface area contributed by atoms with Crippen molar-refractivity contribution in [2.75, 3.05) is 14.2 Å². The molecule has 0 spiro atoms. The van der Waals surface area contributed by atoms with E-state index in [2.05, 4.69) is 15.9 Å². The van der Waals surface area contributed by atoms with E-state index in [-0.39, 0.29) is 6.42 Å². The molecule has 0 aliphatic rings. The number of aryl methyl sites for hydroxylation is 1. The third-order valence-electron chi connectivity index (χ3n) is 2.87. The van der Waals surface area contributed by atoms with Gasteiger partial charge in [-0.1, -0.05) is 0 Å². The molecule has 0 heterocycles. The third-order valence-corrected chi connectivity index (χ3v) is 3.66. The number of carboxylic acid groups (broad SMARTS) is 1. The molecule has 1 aromatic carbocycles. The van der Waals surface area contributed by atoms with E-state index < -0.39 is 12.0 Å². The first kappa shape index (κ1) is 15.8. The third kappa shape index (κ3) is 3.61. The van der Waals surface area contributed by atoms with Gasteiger partial charge in [-0.3, -0.25) is 4.79 Å². The Morgan fingerprint density at radius 3 is 2.58 bits per heavy atom. The number of ether oxygens (including phenoxy) is 2. The zero-order chi connectivity index (χ0) is 14.6. The Labute approximate surface area is 120 Å². The number of hydrogen-bond acceptors (Lipinski definition) is 4. The highest BCUT2D eigenvalue weighted by Gasteiger charge is 2.21. The Hall–Kier alpha value is -1.27. The SMILES string of the molecule is COc1cc(C)c(OC)c(Br)c1C(N)CCC(=O)O. The Morgan fingerprint density at radius 1 is 1.47 bits per heavy atom. The number of carbonyl (C=O) groups is 1. The number of hydrogen-bond donors (Lipinski definition) is 2. The lowest BCUT2D eigenvalue weighted by Gasteiger charge is -2.20. The van der Waals surface area contributed by atoms with Crippen LogP contribution in [0.15, 0.2) is 10.5 Å². The van der Waals surface area contributed by atoms with Crippen molar-refractivity contribution < 1.29 is 19.4 Å². The van der Waals surface area contributed by atoms with Crippen LogP contribution < -0.4 is 15.2 Å². The van der Waals surface area contributed by atoms with Gasteiger partial charge in [0.25, 0.3) is 0 Å². The maximum Gasteiger partial charge on any atom is 0.303 e. The van der Waals surface area contributed by atoms with Gasteiger partial charge in [0.05, 0.1) is 18.7 Å². The average molecular weight is 332 g/mol. The van der Waals surface area contributed by atoms with Crippen molar-refractivity contribution in [3.8, 4) is 11.5 Å². The second kappa shape index (κ2) is 6.77. The largest absolute Gasteiger partial charge is 0.496 e. The predicted molar refractivity (Wildman–Crippen MR) is 75.8 cm³/mol. The van der Waals surface area contributed by atoms with Gasteiger partial charge in [-0.25, -0.2) is 0 Å². The normalized spacial score (nSPS) is 12.1. The topological polar surface area (TPSA) is 81.8 Å². The molecule has 0 aliphatic carbocycles. The maximum absolute atomic E-state index is 10.6. The molecular weight excluding hydrogens is 314 g/mol. The number of rotatable bonds is 6. The summed E-state index contributed by atoms with van der Waals surface area (Å²) in [5.74, 6) is 0.439. The summed E-state index contributed by atoms with van der Waals surface area (Å²) in [6, 6.07) is 1.40. The lowest BCUT2D eigenvalue weighted by molar-refractivity contribution is -0.137. The van der Waals surface area contributed by atoms with Crippen molar-refractivity contribution in [3.05, 3.63) is 21.7 Å². The first-order chi connectivity index (χ1) is 8.92. The minimum absolute atomic E-state index is 0.00690. The summed E-state index contributed by atoms with van der Waals surface area (Å²) in [7, 11) is 3.13. The minimum Gasteiger partial charge on any atom is -0.496 e. The molecule has 0 aliphatic heterocycles. The molecule has 0 aromatic heterocycles. The monoisotopic (exact) mass is 331 g/mol. The van der Waals surface area contributed by atoms with E-state index in [9.17, 15) is 4.79 Å². The Balaban J connectivity index is 3.20. The van der Waals surface area contributed by atoms with E-state index in [0.29, 0.717) is 22.4 Å². The fourth-order valence-corrected chi connectivity index (χ4v) is 2.90. The molecule has 0 fully saturated rings. The van der Waals surface area contributed by atoms with Gasteiger partial charge in [-0.15, -0.1) is 0 Å². The van der Waals surface area contributed by atoms with Gasteiger partial charge in [-0.2, -0.15) is 0 Å². The standard InChI is InChI=1S/C13H18BrNO4/c1-7-6-9(18-2)11(12(14)13(7)19-3)8(15)4-5-10(16)17/h6,8H,4-5,15H2,1-3H3,(H,16,17). The summed E-state index contributed by atoms with van der Waals surface area (Å²) in [5, 5.41) is 8.73. The molecule has 6 heteroatoms. The van der Waals surface area contributed by atoms with Crippen molar-refractivity contribution in [3.63, 3.8) is 0 Å². The van der Waals surface area contributed by atoms with E-state index >= 15 is 0 Å². The number of benzene rings is 1. The summed E-state index contributed by atoms with van der Waals surface area (Å²) in [6.45, 7) is 1.90. The van der Waals surface area contributed by atoms with Crippen molar-refractivity contribution in [2.24, 2.45) is 5.73 Å². The first-order valence-electron chi connectivity index (χ1n) is 5.80. The average Bonchev–Trinajstić information content (AvgIpc) is 2.35. The van der Waals surface area contributed by atoms with Crippen LogP contribution in [0.2, 0.25) is 0 Å². The van der Waals surface area contributed by atoms with Gasteiger partial charge in [0, 0.05) is 18.0 Å². The Kier molecular flexibility index (Phi) is 5.62. The molecule has 3 N–H and O–H groups in total. The fourth-order valence-electron chi connectivity index (χ4n) is 1.93. The van der Waals surface area contributed by atoms with Gasteiger partial charge in [0.15, 0.2) is 0 Å². The number of carboxylic acids is 1. The molecular formula is C13H18BrNO4. The number of methoxy groups -OCH3 is 2. The molecule has 1 unspecified atom stereocenters. The lowest BCUT2D eigenvalue weighted by atomic mass is 9.99. The second-order valence-corrected chi connectivity index (χ2v) is 4.99. The van der Waals surface area contributed by atoms with Crippen LogP contribution in [0.4, 0.5) is 0 Å². The predicted octanol–water partition coefficient (Wildman–Crippen LogP) is 2.64.